The number of hydrazine groups is 1. The van der Waals surface area contributed by atoms with Gasteiger partial charge in [-0.25, -0.2) is 5.43 Å². The molecule has 74 valence electrons. The van der Waals surface area contributed by atoms with Gasteiger partial charge in [0.2, 0.25) is 0 Å². The largest absolute Gasteiger partial charge is 1.00 e. The minimum Gasteiger partial charge on any atom is -0.410 e. The Kier molecular flexibility index (Phi) is 7.45. The number of thiocarbonyl (C=S) groups is 1. The van der Waals surface area contributed by atoms with E-state index in [1.807, 2.05) is 30.3 Å². The Balaban J connectivity index is 0.00000144. The maximum absolute atomic E-state index is 4.65. The molecule has 0 radical (unpaired) electrons. The Bertz CT molecular complexity index is 254. The standard InChI is InChI=1S/C8H10N2S2.Ag/c11-8(12)10-9-6-7-4-2-1-3-5-7;/h1-5,9H,6H2,(H2,10,11,12);/q;+1/p-1. The van der Waals surface area contributed by atoms with Gasteiger partial charge in [-0.3, -0.25) is 0 Å². The normalized spacial score (nSPS) is 8.62. The topological polar surface area (TPSA) is 24.1 Å². The molecule has 1 aromatic rings. The SMILES string of the molecule is S=C([S-])NNCc1ccccc1.[Ag+]. The van der Waals surface area contributed by atoms with Crippen LogP contribution in [0.15, 0.2) is 30.3 Å². The Morgan fingerprint density at radius 2 is 1.92 bits per heavy atom. The van der Waals surface area contributed by atoms with Crippen LogP contribution in [-0.4, -0.2) is 4.32 Å². The van der Waals surface area contributed by atoms with Crippen LogP contribution in [0.3, 0.4) is 0 Å². The van der Waals surface area contributed by atoms with Crippen molar-refractivity contribution < 1.29 is 22.4 Å². The van der Waals surface area contributed by atoms with Crippen LogP contribution in [0.2, 0.25) is 0 Å². The Morgan fingerprint density at radius 1 is 1.31 bits per heavy atom. The van der Waals surface area contributed by atoms with Crippen LogP contribution in [0.25, 0.3) is 0 Å². The van der Waals surface area contributed by atoms with E-state index in [2.05, 4.69) is 35.7 Å². The second-order valence-electron chi connectivity index (χ2n) is 2.25. The van der Waals surface area contributed by atoms with Gasteiger partial charge in [-0.1, -0.05) is 30.3 Å². The molecule has 5 heteroatoms. The van der Waals surface area contributed by atoms with E-state index in [4.69, 9.17) is 0 Å². The van der Waals surface area contributed by atoms with E-state index in [1.165, 1.54) is 5.56 Å². The number of hydrogen-bond donors (Lipinski definition) is 2. The third kappa shape index (κ3) is 6.15. The maximum Gasteiger partial charge on any atom is 1.00 e. The molecule has 0 saturated heterocycles. The van der Waals surface area contributed by atoms with Crippen LogP contribution in [0.1, 0.15) is 5.56 Å². The van der Waals surface area contributed by atoms with Crippen molar-refractivity contribution in [1.29, 1.82) is 0 Å². The van der Waals surface area contributed by atoms with Gasteiger partial charge in [0, 0.05) is 6.54 Å². The minimum atomic E-state index is 0. The van der Waals surface area contributed by atoms with Crippen molar-refractivity contribution in [2.24, 2.45) is 0 Å². The van der Waals surface area contributed by atoms with Crippen molar-refractivity contribution >= 4 is 29.2 Å². The van der Waals surface area contributed by atoms with E-state index >= 15 is 0 Å². The van der Waals surface area contributed by atoms with Crippen molar-refractivity contribution in [2.45, 2.75) is 6.54 Å². The number of nitrogens with one attached hydrogen (secondary N) is 2. The summed E-state index contributed by atoms with van der Waals surface area (Å²) >= 11 is 9.30. The summed E-state index contributed by atoms with van der Waals surface area (Å²) < 4.78 is 0.339. The van der Waals surface area contributed by atoms with Crippen molar-refractivity contribution in [3.8, 4) is 0 Å². The molecule has 0 aromatic heterocycles. The second-order valence-corrected chi connectivity index (χ2v) is 3.33. The molecule has 0 fully saturated rings. The zero-order chi connectivity index (χ0) is 8.81. The number of benzene rings is 1. The van der Waals surface area contributed by atoms with E-state index < -0.39 is 0 Å². The molecular formula is C8H9AgN2S2. The van der Waals surface area contributed by atoms with Crippen molar-refractivity contribution in [3.05, 3.63) is 35.9 Å². The van der Waals surface area contributed by atoms with Gasteiger partial charge < -0.3 is 30.3 Å². The number of hydrogen-bond acceptors (Lipinski definition) is 3. The minimum absolute atomic E-state index is 0. The Morgan fingerprint density at radius 3 is 2.46 bits per heavy atom. The summed E-state index contributed by atoms with van der Waals surface area (Å²) in [5, 5.41) is 0. The molecule has 13 heavy (non-hydrogen) atoms. The average molecular weight is 305 g/mol. The van der Waals surface area contributed by atoms with Gasteiger partial charge in [0.25, 0.3) is 0 Å². The van der Waals surface area contributed by atoms with Crippen LogP contribution in [0.4, 0.5) is 0 Å². The molecule has 0 amide bonds. The van der Waals surface area contributed by atoms with Gasteiger partial charge in [0.15, 0.2) is 0 Å². The first-order valence-corrected chi connectivity index (χ1v) is 4.34. The predicted molar refractivity (Wildman–Crippen MR) is 56.4 cm³/mol. The molecule has 0 aliphatic carbocycles. The second kappa shape index (κ2) is 7.44. The first kappa shape index (κ1) is 13.0. The zero-order valence-electron chi connectivity index (χ0n) is 6.71. The molecule has 0 aliphatic rings. The van der Waals surface area contributed by atoms with E-state index in [0.717, 1.165) is 6.54 Å². The Labute approximate surface area is 104 Å². The molecule has 1 rings (SSSR count). The quantitative estimate of drug-likeness (QED) is 0.378. The van der Waals surface area contributed by atoms with Crippen LogP contribution in [0, 0.1) is 0 Å². The van der Waals surface area contributed by atoms with E-state index in [0.29, 0.717) is 4.32 Å². The van der Waals surface area contributed by atoms with Crippen molar-refractivity contribution in [1.82, 2.24) is 10.9 Å². The van der Waals surface area contributed by atoms with Crippen LogP contribution in [0.5, 0.6) is 0 Å². The smallest absolute Gasteiger partial charge is 0.410 e. The van der Waals surface area contributed by atoms with E-state index in [9.17, 15) is 0 Å². The maximum atomic E-state index is 4.65. The van der Waals surface area contributed by atoms with Gasteiger partial charge in [0.1, 0.15) is 0 Å². The first-order chi connectivity index (χ1) is 5.79. The van der Waals surface area contributed by atoms with Gasteiger partial charge >= 0.3 is 22.4 Å². The molecule has 0 atom stereocenters. The summed E-state index contributed by atoms with van der Waals surface area (Å²) in [5.41, 5.74) is 6.79. The third-order valence-corrected chi connectivity index (χ3v) is 1.53. The van der Waals surface area contributed by atoms with E-state index in [-0.39, 0.29) is 22.4 Å². The van der Waals surface area contributed by atoms with Gasteiger partial charge in [0.05, 0.1) is 0 Å². The molecule has 1 aromatic carbocycles. The molecule has 0 heterocycles. The zero-order valence-corrected chi connectivity index (χ0v) is 9.83. The summed E-state index contributed by atoms with van der Waals surface area (Å²) in [6.07, 6.45) is 0. The Hall–Kier alpha value is 0.0303. The third-order valence-electron chi connectivity index (χ3n) is 1.33. The molecule has 0 saturated carbocycles. The van der Waals surface area contributed by atoms with Gasteiger partial charge in [-0.15, -0.1) is 0 Å². The fourth-order valence-electron chi connectivity index (χ4n) is 0.814. The summed E-state index contributed by atoms with van der Waals surface area (Å²) in [7, 11) is 0. The predicted octanol–water partition coefficient (Wildman–Crippen LogP) is 1.11. The fraction of sp³-hybridized carbons (Fsp3) is 0.125. The summed E-state index contributed by atoms with van der Waals surface area (Å²) in [4.78, 5) is 0. The fourth-order valence-corrected chi connectivity index (χ4v) is 0.959. The van der Waals surface area contributed by atoms with E-state index in [1.54, 1.807) is 0 Å². The molecule has 2 N–H and O–H groups in total. The molecule has 0 bridgehead atoms. The molecule has 0 unspecified atom stereocenters. The van der Waals surface area contributed by atoms with Gasteiger partial charge in [-0.2, -0.15) is 0 Å². The molecule has 0 aliphatic heterocycles. The van der Waals surface area contributed by atoms with Crippen LogP contribution in [-0.2, 0) is 41.6 Å². The average Bonchev–Trinajstić information content (AvgIpc) is 2.05. The summed E-state index contributed by atoms with van der Waals surface area (Å²) in [5.74, 6) is 0. The van der Waals surface area contributed by atoms with Crippen LogP contribution < -0.4 is 10.9 Å². The first-order valence-electron chi connectivity index (χ1n) is 3.53. The molecular weight excluding hydrogens is 296 g/mol. The molecule has 2 nitrogen and oxygen atoms in total. The number of rotatable bonds is 3. The molecule has 0 spiro atoms. The van der Waals surface area contributed by atoms with Gasteiger partial charge in [-0.05, 0) is 9.88 Å². The van der Waals surface area contributed by atoms with Crippen molar-refractivity contribution in [2.75, 3.05) is 0 Å². The van der Waals surface area contributed by atoms with Crippen molar-refractivity contribution in [3.63, 3.8) is 0 Å². The summed E-state index contributed by atoms with van der Waals surface area (Å²) in [6, 6.07) is 10.0. The summed E-state index contributed by atoms with van der Waals surface area (Å²) in [6.45, 7) is 0.720. The van der Waals surface area contributed by atoms with Crippen LogP contribution >= 0.6 is 12.2 Å². The monoisotopic (exact) mass is 304 g/mol.